The van der Waals surface area contributed by atoms with Crippen molar-refractivity contribution in [1.29, 1.82) is 0 Å². The Hall–Kier alpha value is -3.24. The molecule has 10 heteroatoms. The van der Waals surface area contributed by atoms with Crippen molar-refractivity contribution in [3.8, 4) is 11.4 Å². The zero-order valence-corrected chi connectivity index (χ0v) is 17.4. The molecule has 30 heavy (non-hydrogen) atoms. The zero-order chi connectivity index (χ0) is 20.9. The van der Waals surface area contributed by atoms with Crippen LogP contribution in [-0.4, -0.2) is 32.8 Å². The number of anilines is 1. The van der Waals surface area contributed by atoms with Crippen LogP contribution in [0.4, 0.5) is 10.1 Å². The summed E-state index contributed by atoms with van der Waals surface area (Å²) in [5.74, 6) is 0.532. The second-order valence-electron chi connectivity index (χ2n) is 6.03. The molecule has 1 N–H and O–H groups in total. The van der Waals surface area contributed by atoms with Crippen LogP contribution in [0.15, 0.2) is 66.1 Å². The number of nitrogens with zero attached hydrogens (tertiary/aromatic N) is 4. The lowest BCUT2D eigenvalue weighted by Gasteiger charge is -2.08. The minimum atomic E-state index is -0.381. The van der Waals surface area contributed by atoms with Gasteiger partial charge in [0.15, 0.2) is 5.16 Å². The first-order valence-corrected chi connectivity index (χ1v) is 10.6. The first-order valence-electron chi connectivity index (χ1n) is 8.82. The maximum Gasteiger partial charge on any atom is 0.286 e. The predicted octanol–water partition coefficient (Wildman–Crippen LogP) is 4.42. The molecule has 0 aliphatic carbocycles. The average molecular weight is 442 g/mol. The van der Waals surface area contributed by atoms with E-state index in [1.807, 2.05) is 35.0 Å². The van der Waals surface area contributed by atoms with Gasteiger partial charge >= 0.3 is 0 Å². The lowest BCUT2D eigenvalue weighted by molar-refractivity contribution is 0.102. The highest BCUT2D eigenvalue weighted by Gasteiger charge is 2.15. The van der Waals surface area contributed by atoms with Gasteiger partial charge in [0, 0.05) is 24.1 Å². The molecule has 0 unspecified atom stereocenters. The lowest BCUT2D eigenvalue weighted by Crippen LogP contribution is -2.11. The monoisotopic (exact) mass is 441 g/mol. The molecule has 2 aromatic carbocycles. The van der Waals surface area contributed by atoms with E-state index in [1.165, 1.54) is 47.4 Å². The number of methoxy groups -OCH3 is 1. The highest BCUT2D eigenvalue weighted by molar-refractivity contribution is 7.98. The minimum absolute atomic E-state index is 0.242. The van der Waals surface area contributed by atoms with Gasteiger partial charge in [0.05, 0.1) is 18.6 Å². The number of ether oxygens (including phenoxy) is 1. The van der Waals surface area contributed by atoms with Crippen molar-refractivity contribution in [3.05, 3.63) is 76.8 Å². The quantitative estimate of drug-likeness (QED) is 0.428. The molecule has 0 bridgehead atoms. The van der Waals surface area contributed by atoms with Crippen LogP contribution in [0.5, 0.6) is 5.75 Å². The number of benzene rings is 2. The zero-order valence-electron chi connectivity index (χ0n) is 15.8. The summed E-state index contributed by atoms with van der Waals surface area (Å²) in [4.78, 5) is 16.7. The van der Waals surface area contributed by atoms with E-state index in [2.05, 4.69) is 20.5 Å². The van der Waals surface area contributed by atoms with Crippen LogP contribution in [0, 0.1) is 5.82 Å². The first-order chi connectivity index (χ1) is 14.6. The number of amides is 1. The van der Waals surface area contributed by atoms with Crippen molar-refractivity contribution < 1.29 is 13.9 Å². The smallest absolute Gasteiger partial charge is 0.286 e. The van der Waals surface area contributed by atoms with E-state index < -0.39 is 0 Å². The van der Waals surface area contributed by atoms with Gasteiger partial charge in [-0.15, -0.1) is 10.2 Å². The summed E-state index contributed by atoms with van der Waals surface area (Å²) in [5.41, 5.74) is 1.43. The van der Waals surface area contributed by atoms with E-state index >= 15 is 0 Å². The molecule has 0 aliphatic heterocycles. The molecular formula is C20H16FN5O2S2. The number of rotatable bonds is 7. The van der Waals surface area contributed by atoms with Gasteiger partial charge < -0.3 is 10.1 Å². The van der Waals surface area contributed by atoms with Gasteiger partial charge in [-0.2, -0.15) is 0 Å². The third-order valence-electron chi connectivity index (χ3n) is 4.03. The summed E-state index contributed by atoms with van der Waals surface area (Å²) in [6.45, 7) is 0. The topological polar surface area (TPSA) is 81.9 Å². The van der Waals surface area contributed by atoms with Crippen molar-refractivity contribution in [1.82, 2.24) is 19.7 Å². The number of carbonyl (C=O) groups excluding carboxylic acids is 1. The molecule has 0 atom stereocenters. The lowest BCUT2D eigenvalue weighted by atomic mass is 10.3. The fourth-order valence-electron chi connectivity index (χ4n) is 2.60. The maximum absolute atomic E-state index is 13.0. The number of hydrogen-bond acceptors (Lipinski definition) is 7. The Morgan fingerprint density at radius 3 is 2.87 bits per heavy atom. The maximum atomic E-state index is 13.0. The summed E-state index contributed by atoms with van der Waals surface area (Å²) in [6.07, 6.45) is 3.60. The van der Waals surface area contributed by atoms with Gasteiger partial charge in [0.25, 0.3) is 5.91 Å². The molecule has 0 saturated carbocycles. The van der Waals surface area contributed by atoms with Gasteiger partial charge in [-0.05, 0) is 36.4 Å². The SMILES string of the molecule is COc1cccc(-n2ccnc2SCc2nnc(C(=O)Nc3ccc(F)cc3)s2)c1. The van der Waals surface area contributed by atoms with Crippen LogP contribution >= 0.6 is 23.1 Å². The molecule has 0 spiro atoms. The molecule has 0 saturated heterocycles. The third-order valence-corrected chi connectivity index (χ3v) is 6.11. The number of imidazole rings is 1. The van der Waals surface area contributed by atoms with Crippen molar-refractivity contribution in [3.63, 3.8) is 0 Å². The van der Waals surface area contributed by atoms with Crippen LogP contribution in [0.3, 0.4) is 0 Å². The summed E-state index contributed by atoms with van der Waals surface area (Å²) in [7, 11) is 1.63. The summed E-state index contributed by atoms with van der Waals surface area (Å²) in [5, 5.41) is 12.5. The summed E-state index contributed by atoms with van der Waals surface area (Å²) < 4.78 is 20.2. The van der Waals surface area contributed by atoms with Crippen LogP contribution in [0.2, 0.25) is 0 Å². The van der Waals surface area contributed by atoms with E-state index in [1.54, 1.807) is 13.3 Å². The van der Waals surface area contributed by atoms with E-state index in [9.17, 15) is 9.18 Å². The molecule has 7 nitrogen and oxygen atoms in total. The van der Waals surface area contributed by atoms with Crippen LogP contribution in [0.25, 0.3) is 5.69 Å². The second kappa shape index (κ2) is 9.06. The molecule has 2 heterocycles. The number of hydrogen-bond donors (Lipinski definition) is 1. The Morgan fingerprint density at radius 1 is 1.23 bits per heavy atom. The molecule has 1 amide bonds. The van der Waals surface area contributed by atoms with Gasteiger partial charge in [0.2, 0.25) is 5.01 Å². The summed E-state index contributed by atoms with van der Waals surface area (Å²) >= 11 is 2.70. The fourth-order valence-corrected chi connectivity index (χ4v) is 4.29. The van der Waals surface area contributed by atoms with E-state index in [4.69, 9.17) is 4.74 Å². The van der Waals surface area contributed by atoms with Gasteiger partial charge in [-0.25, -0.2) is 9.37 Å². The Labute approximate surface area is 179 Å². The number of halogens is 1. The van der Waals surface area contributed by atoms with Crippen molar-refractivity contribution in [2.45, 2.75) is 10.9 Å². The van der Waals surface area contributed by atoms with E-state index in [0.717, 1.165) is 16.6 Å². The van der Waals surface area contributed by atoms with Gasteiger partial charge in [-0.3, -0.25) is 9.36 Å². The molecule has 0 radical (unpaired) electrons. The number of carbonyl (C=O) groups is 1. The number of nitrogens with one attached hydrogen (secondary N) is 1. The highest BCUT2D eigenvalue weighted by Crippen LogP contribution is 2.27. The van der Waals surface area contributed by atoms with Crippen LogP contribution in [0.1, 0.15) is 14.8 Å². The molecule has 4 aromatic rings. The van der Waals surface area contributed by atoms with Crippen molar-refractivity contribution >= 4 is 34.7 Å². The van der Waals surface area contributed by atoms with E-state index in [0.29, 0.717) is 16.4 Å². The Morgan fingerprint density at radius 2 is 2.07 bits per heavy atom. The fraction of sp³-hybridized carbons (Fsp3) is 0.100. The van der Waals surface area contributed by atoms with E-state index in [-0.39, 0.29) is 16.7 Å². The standard InChI is InChI=1S/C20H16FN5O2S2/c1-28-16-4-2-3-15(11-16)26-10-9-22-20(26)29-12-17-24-25-19(30-17)18(27)23-14-7-5-13(21)6-8-14/h2-11H,12H2,1H3,(H,23,27). The highest BCUT2D eigenvalue weighted by atomic mass is 32.2. The van der Waals surface area contributed by atoms with Gasteiger partial charge in [-0.1, -0.05) is 29.2 Å². The molecule has 152 valence electrons. The summed E-state index contributed by atoms with van der Waals surface area (Å²) in [6, 6.07) is 13.2. The third kappa shape index (κ3) is 4.66. The molecule has 4 rings (SSSR count). The Balaban J connectivity index is 1.41. The largest absolute Gasteiger partial charge is 0.497 e. The second-order valence-corrected chi connectivity index (χ2v) is 8.04. The van der Waals surface area contributed by atoms with Gasteiger partial charge in [0.1, 0.15) is 16.6 Å². The predicted molar refractivity (Wildman–Crippen MR) is 114 cm³/mol. The van der Waals surface area contributed by atoms with Crippen molar-refractivity contribution in [2.24, 2.45) is 0 Å². The molecule has 0 fully saturated rings. The van der Waals surface area contributed by atoms with Crippen LogP contribution < -0.4 is 10.1 Å². The van der Waals surface area contributed by atoms with Crippen LogP contribution in [-0.2, 0) is 5.75 Å². The Bertz CT molecular complexity index is 1160. The normalized spacial score (nSPS) is 10.7. The molecular weight excluding hydrogens is 425 g/mol. The van der Waals surface area contributed by atoms with Crippen molar-refractivity contribution in [2.75, 3.05) is 12.4 Å². The molecule has 2 aromatic heterocycles. The number of aromatic nitrogens is 4. The number of thioether (sulfide) groups is 1. The average Bonchev–Trinajstić information content (AvgIpc) is 3.43. The first kappa shape index (κ1) is 20.0. The minimum Gasteiger partial charge on any atom is -0.497 e. The molecule has 0 aliphatic rings. The Kier molecular flexibility index (Phi) is 6.05.